The van der Waals surface area contributed by atoms with Gasteiger partial charge in [0, 0.05) is 38.8 Å². The van der Waals surface area contributed by atoms with Crippen molar-refractivity contribution in [3.05, 3.63) is 82.6 Å². The molecule has 0 unspecified atom stereocenters. The lowest BCUT2D eigenvalue weighted by molar-refractivity contribution is -0.142. The van der Waals surface area contributed by atoms with Gasteiger partial charge in [-0.3, -0.25) is 19.7 Å². The van der Waals surface area contributed by atoms with Gasteiger partial charge >= 0.3 is 0 Å². The summed E-state index contributed by atoms with van der Waals surface area (Å²) in [5, 5.41) is 18.9. The fourth-order valence-electron chi connectivity index (χ4n) is 8.52. The average Bonchev–Trinajstić information content (AvgIpc) is 4.00. The number of aryl methyl sites for hydroxylation is 1. The Morgan fingerprint density at radius 3 is 2.41 bits per heavy atom. The number of hydrogen-bond donors (Lipinski definition) is 3. The van der Waals surface area contributed by atoms with Crippen molar-refractivity contribution in [2.45, 2.75) is 96.7 Å². The lowest BCUT2D eigenvalue weighted by Crippen LogP contribution is -2.58. The first-order valence-electron chi connectivity index (χ1n) is 21.0. The van der Waals surface area contributed by atoms with Crippen LogP contribution in [0.4, 0.5) is 26.2 Å². The van der Waals surface area contributed by atoms with E-state index in [2.05, 4.69) is 37.0 Å². The van der Waals surface area contributed by atoms with Crippen molar-refractivity contribution in [3.8, 4) is 16.5 Å². The first kappa shape index (κ1) is 43.6. The highest BCUT2D eigenvalue weighted by molar-refractivity contribution is 7.13. The summed E-state index contributed by atoms with van der Waals surface area (Å²) < 4.78 is 28.5. The molecule has 13 nitrogen and oxygen atoms in total. The van der Waals surface area contributed by atoms with E-state index in [0.717, 1.165) is 27.3 Å². The fraction of sp³-hybridized carbons (Fsp3) is 0.489. The molecule has 16 heteroatoms. The number of halogens is 2. The lowest BCUT2D eigenvalue weighted by atomic mass is 9.85. The molecule has 3 aliphatic heterocycles. The number of aromatic nitrogens is 3. The molecule has 0 saturated carbocycles. The molecule has 3 saturated heterocycles. The van der Waals surface area contributed by atoms with Gasteiger partial charge in [0.05, 0.1) is 52.9 Å². The van der Waals surface area contributed by atoms with Crippen molar-refractivity contribution in [1.82, 2.24) is 35.4 Å². The number of anilines is 3. The number of hydrogen-bond acceptors (Lipinski definition) is 11. The van der Waals surface area contributed by atoms with Crippen LogP contribution < -0.4 is 20.9 Å². The fourth-order valence-corrected chi connectivity index (χ4v) is 9.33. The predicted octanol–water partition coefficient (Wildman–Crippen LogP) is 6.95. The quantitative estimate of drug-likeness (QED) is 0.136. The highest BCUT2D eigenvalue weighted by Crippen LogP contribution is 2.36. The van der Waals surface area contributed by atoms with Crippen molar-refractivity contribution in [2.75, 3.05) is 49.5 Å². The molecule has 7 rings (SSSR count). The van der Waals surface area contributed by atoms with E-state index < -0.39 is 30.0 Å². The van der Waals surface area contributed by atoms with Crippen molar-refractivity contribution in [3.63, 3.8) is 0 Å². The van der Waals surface area contributed by atoms with Crippen molar-refractivity contribution in [2.24, 2.45) is 5.41 Å². The molecule has 61 heavy (non-hydrogen) atoms. The maximum atomic E-state index is 14.3. The second-order valence-electron chi connectivity index (χ2n) is 17.5. The number of amides is 3. The molecule has 0 bridgehead atoms. The van der Waals surface area contributed by atoms with Gasteiger partial charge in [-0.15, -0.1) is 11.3 Å². The normalized spacial score (nSPS) is 19.0. The van der Waals surface area contributed by atoms with Crippen LogP contribution in [0.3, 0.4) is 0 Å². The van der Waals surface area contributed by atoms with Crippen molar-refractivity contribution >= 4 is 46.5 Å². The molecule has 3 aliphatic rings. The summed E-state index contributed by atoms with van der Waals surface area (Å²) in [6.45, 7) is 10.9. The second kappa shape index (κ2) is 18.2. The number of carbonyl (C=O) groups excluding carboxylic acids is 3. The molecule has 3 fully saturated rings. The number of nitrogens with one attached hydrogen (secondary N) is 3. The molecule has 3 atom stereocenters. The number of thiazole rings is 1. The van der Waals surface area contributed by atoms with E-state index in [1.165, 1.54) is 6.20 Å². The van der Waals surface area contributed by atoms with E-state index in [1.807, 2.05) is 76.5 Å². The number of nitrogens with zero attached hydrogens (tertiary/aromatic N) is 7. The summed E-state index contributed by atoms with van der Waals surface area (Å²) in [4.78, 5) is 61.1. The Morgan fingerprint density at radius 1 is 1.00 bits per heavy atom. The zero-order valence-electron chi connectivity index (χ0n) is 35.4. The number of pyridine rings is 2. The minimum atomic E-state index is -2.80. The Labute approximate surface area is 360 Å². The number of benzene rings is 1. The van der Waals surface area contributed by atoms with Gasteiger partial charge in [-0.2, -0.15) is 5.26 Å². The summed E-state index contributed by atoms with van der Waals surface area (Å²) in [6.07, 6.45) is 3.83. The van der Waals surface area contributed by atoms with Crippen LogP contribution in [-0.2, 0) is 14.4 Å². The van der Waals surface area contributed by atoms with E-state index in [-0.39, 0.29) is 49.2 Å². The first-order chi connectivity index (χ1) is 29.1. The minimum absolute atomic E-state index is 0.0391. The topological polar surface area (TPSA) is 159 Å². The number of rotatable bonds is 12. The van der Waals surface area contributed by atoms with E-state index >= 15 is 0 Å². The molecule has 1 aromatic carbocycles. The van der Waals surface area contributed by atoms with Gasteiger partial charge in [0.1, 0.15) is 23.5 Å². The Kier molecular flexibility index (Phi) is 13.0. The van der Waals surface area contributed by atoms with Gasteiger partial charge < -0.3 is 25.3 Å². The molecule has 0 aliphatic carbocycles. The molecular formula is C45H54F2N10O3S. The third-order valence-electron chi connectivity index (χ3n) is 12.0. The number of nitriles is 1. The summed E-state index contributed by atoms with van der Waals surface area (Å²) in [5.41, 5.74) is 5.65. The van der Waals surface area contributed by atoms with Crippen LogP contribution in [0, 0.1) is 23.7 Å². The lowest BCUT2D eigenvalue weighted by Gasteiger charge is -2.37. The van der Waals surface area contributed by atoms with E-state index in [0.29, 0.717) is 68.3 Å². The molecule has 3 N–H and O–H groups in total. The van der Waals surface area contributed by atoms with Crippen molar-refractivity contribution < 1.29 is 23.2 Å². The van der Waals surface area contributed by atoms with Crippen LogP contribution in [0.5, 0.6) is 0 Å². The smallest absolute Gasteiger partial charge is 0.266 e. The first-order valence-corrected chi connectivity index (χ1v) is 21.9. The Bertz CT molecular complexity index is 2260. The summed E-state index contributed by atoms with van der Waals surface area (Å²) in [6, 6.07) is 15.6. The Morgan fingerprint density at radius 2 is 1.75 bits per heavy atom. The van der Waals surface area contributed by atoms with Gasteiger partial charge in [0.2, 0.25) is 17.7 Å². The Balaban J connectivity index is 0.958. The zero-order chi connectivity index (χ0) is 43.5. The molecule has 0 radical (unpaired) electrons. The zero-order valence-corrected chi connectivity index (χ0v) is 36.2. The second-order valence-corrected chi connectivity index (χ2v) is 18.3. The van der Waals surface area contributed by atoms with Gasteiger partial charge in [-0.1, -0.05) is 45.0 Å². The SMILES string of the molecule is Cc1ncsc1-c1ccc([C@H](C)NC(=O)[C@@H]2CCCN2C(=O)[C@@H](NCC(=O)N2CCC(c3cc(Nc4cc(C#N)ccn4)nc(N4CCC(F)(F)C4)c3)CC2)C(C)(C)C)cc1. The summed E-state index contributed by atoms with van der Waals surface area (Å²) in [7, 11) is 0. The van der Waals surface area contributed by atoms with Crippen LogP contribution in [0.15, 0.2) is 60.2 Å². The van der Waals surface area contributed by atoms with Gasteiger partial charge in [0.25, 0.3) is 5.92 Å². The van der Waals surface area contributed by atoms with E-state index in [4.69, 9.17) is 0 Å². The molecule has 3 amide bonds. The summed E-state index contributed by atoms with van der Waals surface area (Å²) >= 11 is 1.59. The largest absolute Gasteiger partial charge is 0.350 e. The standard InChI is InChI=1S/C45H54F2N10O3S/c1-28(31-8-10-33(11-9-31)40-29(2)51-27-61-40)52-42(59)35-7-6-17-57(35)43(60)41(44(3,4)5)50-25-39(58)55-18-13-32(14-19-55)34-22-37(53-36-21-30(24-48)12-16-49-36)54-38(23-34)56-20-15-45(46,47)26-56/h8-12,16,21-23,27-28,32,35,41,50H,6-7,13-15,17-20,25-26H2,1-5H3,(H,52,59)(H,49,53,54)/t28-,35-,41+/m0/s1. The average molecular weight is 853 g/mol. The van der Waals surface area contributed by atoms with Crippen LogP contribution in [0.1, 0.15) is 94.1 Å². The highest BCUT2D eigenvalue weighted by Gasteiger charge is 2.42. The number of alkyl halides is 2. The Hall–Kier alpha value is -5.53. The maximum Gasteiger partial charge on any atom is 0.266 e. The summed E-state index contributed by atoms with van der Waals surface area (Å²) in [5.74, 6) is -1.98. The van der Waals surface area contributed by atoms with Crippen LogP contribution >= 0.6 is 11.3 Å². The van der Waals surface area contributed by atoms with Crippen LogP contribution in [0.25, 0.3) is 10.4 Å². The highest BCUT2D eigenvalue weighted by atomic mass is 32.1. The minimum Gasteiger partial charge on any atom is -0.350 e. The van der Waals surface area contributed by atoms with E-state index in [9.17, 15) is 28.4 Å². The molecule has 3 aromatic heterocycles. The third kappa shape index (κ3) is 10.3. The maximum absolute atomic E-state index is 14.3. The number of piperidine rings is 1. The van der Waals surface area contributed by atoms with Gasteiger partial charge in [-0.25, -0.2) is 23.7 Å². The van der Waals surface area contributed by atoms with Gasteiger partial charge in [0.15, 0.2) is 0 Å². The molecule has 6 heterocycles. The third-order valence-corrected chi connectivity index (χ3v) is 13.0. The molecule has 0 spiro atoms. The van der Waals surface area contributed by atoms with E-state index in [1.54, 1.807) is 38.2 Å². The molecule has 322 valence electrons. The molecule has 4 aromatic rings. The van der Waals surface area contributed by atoms with Gasteiger partial charge in [-0.05, 0) is 91.8 Å². The van der Waals surface area contributed by atoms with Crippen LogP contribution in [0.2, 0.25) is 0 Å². The van der Waals surface area contributed by atoms with Crippen LogP contribution in [-0.4, -0.2) is 99.7 Å². The number of carbonyl (C=O) groups is 3. The molecular weight excluding hydrogens is 799 g/mol. The monoisotopic (exact) mass is 852 g/mol. The van der Waals surface area contributed by atoms with Crippen molar-refractivity contribution in [1.29, 1.82) is 5.26 Å². The predicted molar refractivity (Wildman–Crippen MR) is 232 cm³/mol. The number of likely N-dealkylation sites (tertiary alicyclic amines) is 2.